The van der Waals surface area contributed by atoms with Gasteiger partial charge in [-0.2, -0.15) is 0 Å². The zero-order valence-corrected chi connectivity index (χ0v) is 13.2. The molecule has 21 heavy (non-hydrogen) atoms. The number of rotatable bonds is 4. The van der Waals surface area contributed by atoms with Gasteiger partial charge in [0.05, 0.1) is 5.60 Å². The van der Waals surface area contributed by atoms with Gasteiger partial charge in [0, 0.05) is 0 Å². The maximum Gasteiger partial charge on any atom is 0.0952 e. The Kier molecular flexibility index (Phi) is 3.37. The van der Waals surface area contributed by atoms with Gasteiger partial charge in [0.2, 0.25) is 0 Å². The molecule has 4 bridgehead atoms. The summed E-state index contributed by atoms with van der Waals surface area (Å²) in [5.74, 6) is 2.87. The largest absolute Gasteiger partial charge is 0.385 e. The van der Waals surface area contributed by atoms with Crippen molar-refractivity contribution in [1.82, 2.24) is 0 Å². The Hall–Kier alpha value is -0.820. The van der Waals surface area contributed by atoms with Crippen LogP contribution >= 0.6 is 0 Å². The first-order valence-corrected chi connectivity index (χ1v) is 9.02. The summed E-state index contributed by atoms with van der Waals surface area (Å²) in [6.07, 6.45) is 10.2. The molecule has 0 radical (unpaired) electrons. The van der Waals surface area contributed by atoms with Crippen molar-refractivity contribution < 1.29 is 5.11 Å². The quantitative estimate of drug-likeness (QED) is 0.851. The van der Waals surface area contributed by atoms with Crippen molar-refractivity contribution in [3.8, 4) is 0 Å². The molecule has 4 aliphatic carbocycles. The van der Waals surface area contributed by atoms with Gasteiger partial charge in [-0.25, -0.2) is 0 Å². The second-order valence-electron chi connectivity index (χ2n) is 7.93. The second kappa shape index (κ2) is 5.12. The maximum absolute atomic E-state index is 11.5. The van der Waals surface area contributed by atoms with Crippen LogP contribution in [0.1, 0.15) is 63.0 Å². The van der Waals surface area contributed by atoms with E-state index in [1.165, 1.54) is 62.5 Å². The van der Waals surface area contributed by atoms with E-state index in [0.717, 1.165) is 11.8 Å². The number of hydrogen-bond acceptors (Lipinski definition) is 1. The topological polar surface area (TPSA) is 20.2 Å². The highest BCUT2D eigenvalue weighted by atomic mass is 16.3. The van der Waals surface area contributed by atoms with E-state index in [1.807, 2.05) is 0 Å². The van der Waals surface area contributed by atoms with E-state index in [1.54, 1.807) is 0 Å². The fourth-order valence-corrected chi connectivity index (χ4v) is 5.69. The third-order valence-corrected chi connectivity index (χ3v) is 6.62. The normalized spacial score (nSPS) is 40.7. The van der Waals surface area contributed by atoms with Gasteiger partial charge in [0.25, 0.3) is 0 Å². The van der Waals surface area contributed by atoms with Gasteiger partial charge in [-0.1, -0.05) is 37.6 Å². The molecular formula is C20H28O. The molecule has 1 aromatic rings. The molecule has 0 amide bonds. The first-order chi connectivity index (χ1) is 10.2. The van der Waals surface area contributed by atoms with Gasteiger partial charge in [0.1, 0.15) is 0 Å². The smallest absolute Gasteiger partial charge is 0.0952 e. The molecule has 4 fully saturated rings. The summed E-state index contributed by atoms with van der Waals surface area (Å²) in [5, 5.41) is 11.5. The molecule has 114 valence electrons. The fourth-order valence-electron chi connectivity index (χ4n) is 5.69. The Balaban J connectivity index is 1.60. The van der Waals surface area contributed by atoms with Crippen LogP contribution in [0.15, 0.2) is 24.3 Å². The maximum atomic E-state index is 11.5. The SMILES string of the molecule is CCCCc1ccc(C2(O)C3CC4CC(C3)CC2C4)cc1. The third-order valence-electron chi connectivity index (χ3n) is 6.62. The van der Waals surface area contributed by atoms with Crippen LogP contribution in [0.3, 0.4) is 0 Å². The molecule has 0 aliphatic heterocycles. The first-order valence-electron chi connectivity index (χ1n) is 9.02. The van der Waals surface area contributed by atoms with Gasteiger partial charge >= 0.3 is 0 Å². The van der Waals surface area contributed by atoms with Crippen LogP contribution in [0.4, 0.5) is 0 Å². The predicted octanol–water partition coefficient (Wildman–Crippen LogP) is 4.67. The van der Waals surface area contributed by atoms with Gasteiger partial charge in [-0.3, -0.25) is 0 Å². The van der Waals surface area contributed by atoms with E-state index in [0.29, 0.717) is 11.8 Å². The highest BCUT2D eigenvalue weighted by molar-refractivity contribution is 5.31. The summed E-state index contributed by atoms with van der Waals surface area (Å²) in [4.78, 5) is 0. The van der Waals surface area contributed by atoms with Gasteiger partial charge in [-0.15, -0.1) is 0 Å². The Labute approximate surface area is 128 Å². The van der Waals surface area contributed by atoms with Crippen molar-refractivity contribution in [3.63, 3.8) is 0 Å². The summed E-state index contributed by atoms with van der Waals surface area (Å²) in [6.45, 7) is 2.24. The lowest BCUT2D eigenvalue weighted by atomic mass is 9.48. The van der Waals surface area contributed by atoms with Gasteiger partial charge in [0.15, 0.2) is 0 Å². The zero-order valence-electron chi connectivity index (χ0n) is 13.2. The molecule has 0 aromatic heterocycles. The van der Waals surface area contributed by atoms with Crippen LogP contribution in [0, 0.1) is 23.7 Å². The molecule has 1 nitrogen and oxygen atoms in total. The number of unbranched alkanes of at least 4 members (excludes halogenated alkanes) is 1. The summed E-state index contributed by atoms with van der Waals surface area (Å²) in [7, 11) is 0. The summed E-state index contributed by atoms with van der Waals surface area (Å²) < 4.78 is 0. The molecule has 0 saturated heterocycles. The lowest BCUT2D eigenvalue weighted by Crippen LogP contribution is -2.55. The molecule has 0 unspecified atom stereocenters. The van der Waals surface area contributed by atoms with Crippen LogP contribution in [0.25, 0.3) is 0 Å². The Morgan fingerprint density at radius 3 is 2.05 bits per heavy atom. The van der Waals surface area contributed by atoms with Crippen LogP contribution in [0.5, 0.6) is 0 Å². The van der Waals surface area contributed by atoms with Crippen LogP contribution in [0.2, 0.25) is 0 Å². The standard InChI is InChI=1S/C20H28O/c1-2-3-4-14-5-7-17(8-6-14)20(21)18-10-15-9-16(12-18)13-19(20)11-15/h5-8,15-16,18-19,21H,2-4,9-13H2,1H3. The minimum absolute atomic E-state index is 0.517. The lowest BCUT2D eigenvalue weighted by molar-refractivity contribution is -0.179. The lowest BCUT2D eigenvalue weighted by Gasteiger charge is -2.59. The highest BCUT2D eigenvalue weighted by Gasteiger charge is 2.57. The average Bonchev–Trinajstić information content (AvgIpc) is 2.50. The molecule has 5 rings (SSSR count). The average molecular weight is 284 g/mol. The van der Waals surface area contributed by atoms with E-state index >= 15 is 0 Å². The summed E-state index contributed by atoms with van der Waals surface area (Å²) >= 11 is 0. The molecule has 1 heteroatoms. The summed E-state index contributed by atoms with van der Waals surface area (Å²) in [5.41, 5.74) is 2.11. The monoisotopic (exact) mass is 284 g/mol. The number of aryl methyl sites for hydroxylation is 1. The fraction of sp³-hybridized carbons (Fsp3) is 0.700. The van der Waals surface area contributed by atoms with E-state index < -0.39 is 5.60 Å². The van der Waals surface area contributed by atoms with Crippen LogP contribution in [-0.2, 0) is 12.0 Å². The van der Waals surface area contributed by atoms with Crippen molar-refractivity contribution in [3.05, 3.63) is 35.4 Å². The highest BCUT2D eigenvalue weighted by Crippen LogP contribution is 2.61. The summed E-state index contributed by atoms with van der Waals surface area (Å²) in [6, 6.07) is 8.97. The number of aliphatic hydroxyl groups is 1. The van der Waals surface area contributed by atoms with Crippen molar-refractivity contribution in [2.75, 3.05) is 0 Å². The molecule has 1 aromatic carbocycles. The zero-order chi connectivity index (χ0) is 14.4. The van der Waals surface area contributed by atoms with Crippen molar-refractivity contribution >= 4 is 0 Å². The molecule has 0 heterocycles. The molecule has 1 N–H and O–H groups in total. The van der Waals surface area contributed by atoms with Gasteiger partial charge < -0.3 is 5.11 Å². The van der Waals surface area contributed by atoms with E-state index in [9.17, 15) is 5.11 Å². The number of hydrogen-bond donors (Lipinski definition) is 1. The minimum atomic E-state index is -0.517. The van der Waals surface area contributed by atoms with E-state index in [-0.39, 0.29) is 0 Å². The molecular weight excluding hydrogens is 256 g/mol. The Morgan fingerprint density at radius 2 is 1.52 bits per heavy atom. The predicted molar refractivity (Wildman–Crippen MR) is 86.0 cm³/mol. The number of benzene rings is 1. The Bertz CT molecular complexity index is 473. The van der Waals surface area contributed by atoms with Crippen LogP contribution < -0.4 is 0 Å². The molecule has 4 saturated carbocycles. The van der Waals surface area contributed by atoms with Crippen molar-refractivity contribution in [2.24, 2.45) is 23.7 Å². The molecule has 4 aliphatic rings. The Morgan fingerprint density at radius 1 is 0.952 bits per heavy atom. The van der Waals surface area contributed by atoms with Gasteiger partial charge in [-0.05, 0) is 79.7 Å². The van der Waals surface area contributed by atoms with Crippen LogP contribution in [-0.4, -0.2) is 5.11 Å². The second-order valence-corrected chi connectivity index (χ2v) is 7.93. The van der Waals surface area contributed by atoms with Crippen molar-refractivity contribution in [1.29, 1.82) is 0 Å². The molecule has 0 spiro atoms. The minimum Gasteiger partial charge on any atom is -0.385 e. The van der Waals surface area contributed by atoms with Crippen molar-refractivity contribution in [2.45, 2.75) is 63.9 Å². The molecule has 0 atom stereocenters. The van der Waals surface area contributed by atoms with E-state index in [4.69, 9.17) is 0 Å². The van der Waals surface area contributed by atoms with E-state index in [2.05, 4.69) is 31.2 Å². The first kappa shape index (κ1) is 13.8. The third kappa shape index (κ3) is 2.16.